The Kier molecular flexibility index (Phi) is 2.96. The molecule has 2 rings (SSSR count). The van der Waals surface area contributed by atoms with Crippen molar-refractivity contribution in [2.75, 3.05) is 18.1 Å². The third-order valence-corrected chi connectivity index (χ3v) is 5.34. The molecule has 0 spiro atoms. The van der Waals surface area contributed by atoms with Gasteiger partial charge in [-0.2, -0.15) is 0 Å². The second-order valence-corrected chi connectivity index (χ2v) is 7.26. The van der Waals surface area contributed by atoms with Gasteiger partial charge in [0.15, 0.2) is 9.84 Å². The van der Waals surface area contributed by atoms with E-state index in [4.69, 9.17) is 5.73 Å². The van der Waals surface area contributed by atoms with Gasteiger partial charge in [0.2, 0.25) is 5.91 Å². The maximum Gasteiger partial charge on any atom is 0.224 e. The molecule has 1 unspecified atom stereocenters. The maximum absolute atomic E-state index is 11.7. The Balaban J connectivity index is 1.80. The first-order valence-corrected chi connectivity index (χ1v) is 7.49. The molecule has 2 aliphatic rings. The van der Waals surface area contributed by atoms with Crippen molar-refractivity contribution >= 4 is 15.7 Å². The van der Waals surface area contributed by atoms with Crippen LogP contribution in [0, 0.1) is 5.92 Å². The number of sulfone groups is 1. The normalized spacial score (nSPS) is 30.7. The first-order chi connectivity index (χ1) is 7.40. The van der Waals surface area contributed by atoms with E-state index in [0.717, 1.165) is 19.3 Å². The molecule has 6 heteroatoms. The fourth-order valence-corrected chi connectivity index (χ4v) is 3.96. The predicted octanol–water partition coefficient (Wildman–Crippen LogP) is -0.581. The molecule has 2 fully saturated rings. The second kappa shape index (κ2) is 4.00. The third-order valence-electron chi connectivity index (χ3n) is 3.57. The average molecular weight is 246 g/mol. The zero-order valence-electron chi connectivity index (χ0n) is 9.24. The lowest BCUT2D eigenvalue weighted by Crippen LogP contribution is -2.55. The second-order valence-electron chi connectivity index (χ2n) is 5.03. The largest absolute Gasteiger partial charge is 0.354 e. The molecular weight excluding hydrogens is 228 g/mol. The zero-order chi connectivity index (χ0) is 11.8. The van der Waals surface area contributed by atoms with Gasteiger partial charge < -0.3 is 11.1 Å². The summed E-state index contributed by atoms with van der Waals surface area (Å²) in [6, 6.07) is 0. The van der Waals surface area contributed by atoms with Gasteiger partial charge in [-0.25, -0.2) is 8.42 Å². The van der Waals surface area contributed by atoms with Crippen LogP contribution in [0.15, 0.2) is 0 Å². The molecule has 0 bridgehead atoms. The molecule has 0 aromatic rings. The summed E-state index contributed by atoms with van der Waals surface area (Å²) in [7, 11) is -2.98. The first kappa shape index (κ1) is 11.9. The van der Waals surface area contributed by atoms with Crippen LogP contribution in [0.5, 0.6) is 0 Å². The van der Waals surface area contributed by atoms with Crippen molar-refractivity contribution in [1.82, 2.24) is 5.32 Å². The number of amides is 1. The van der Waals surface area contributed by atoms with Crippen molar-refractivity contribution < 1.29 is 13.2 Å². The highest BCUT2D eigenvalue weighted by Gasteiger charge is 2.36. The van der Waals surface area contributed by atoms with Crippen LogP contribution in [-0.4, -0.2) is 37.9 Å². The lowest BCUT2D eigenvalue weighted by Gasteiger charge is -2.38. The number of rotatable bonds is 3. The highest BCUT2D eigenvalue weighted by atomic mass is 32.2. The third kappa shape index (κ3) is 2.55. The zero-order valence-corrected chi connectivity index (χ0v) is 10.1. The van der Waals surface area contributed by atoms with E-state index in [0.29, 0.717) is 13.0 Å². The summed E-state index contributed by atoms with van der Waals surface area (Å²) in [5, 5.41) is 2.78. The Morgan fingerprint density at radius 1 is 1.44 bits per heavy atom. The minimum absolute atomic E-state index is 0.00357. The summed E-state index contributed by atoms with van der Waals surface area (Å²) >= 11 is 0. The van der Waals surface area contributed by atoms with Crippen LogP contribution in [-0.2, 0) is 14.6 Å². The molecule has 1 atom stereocenters. The molecule has 1 aliphatic carbocycles. The molecule has 0 aromatic heterocycles. The summed E-state index contributed by atoms with van der Waals surface area (Å²) < 4.78 is 22.4. The van der Waals surface area contributed by atoms with Crippen molar-refractivity contribution in [2.45, 2.75) is 31.2 Å². The Hall–Kier alpha value is -0.620. The van der Waals surface area contributed by atoms with Gasteiger partial charge in [0.25, 0.3) is 0 Å². The van der Waals surface area contributed by atoms with Crippen LogP contribution in [0.3, 0.4) is 0 Å². The number of hydrogen-bond donors (Lipinski definition) is 2. The monoisotopic (exact) mass is 246 g/mol. The molecule has 0 aromatic carbocycles. The van der Waals surface area contributed by atoms with E-state index >= 15 is 0 Å². The van der Waals surface area contributed by atoms with Gasteiger partial charge in [0.05, 0.1) is 17.4 Å². The van der Waals surface area contributed by atoms with E-state index in [1.807, 2.05) is 0 Å². The van der Waals surface area contributed by atoms with Crippen LogP contribution >= 0.6 is 0 Å². The molecule has 1 aliphatic heterocycles. The summed E-state index contributed by atoms with van der Waals surface area (Å²) in [4.78, 5) is 11.7. The van der Waals surface area contributed by atoms with E-state index in [1.165, 1.54) is 0 Å². The molecule has 5 nitrogen and oxygen atoms in total. The Bertz CT molecular complexity index is 387. The van der Waals surface area contributed by atoms with Gasteiger partial charge in [0, 0.05) is 12.1 Å². The summed E-state index contributed by atoms with van der Waals surface area (Å²) in [6.45, 7) is 0.475. The molecule has 1 heterocycles. The molecule has 16 heavy (non-hydrogen) atoms. The Morgan fingerprint density at radius 3 is 2.56 bits per heavy atom. The molecule has 1 saturated carbocycles. The van der Waals surface area contributed by atoms with E-state index in [2.05, 4.69) is 5.32 Å². The van der Waals surface area contributed by atoms with Gasteiger partial charge >= 0.3 is 0 Å². The van der Waals surface area contributed by atoms with Crippen molar-refractivity contribution in [3.63, 3.8) is 0 Å². The molecule has 1 saturated heterocycles. The van der Waals surface area contributed by atoms with Crippen molar-refractivity contribution in [3.05, 3.63) is 0 Å². The minimum Gasteiger partial charge on any atom is -0.354 e. The lowest BCUT2D eigenvalue weighted by molar-refractivity contribution is -0.124. The Morgan fingerprint density at radius 2 is 2.12 bits per heavy atom. The summed E-state index contributed by atoms with van der Waals surface area (Å²) in [5.74, 6) is -0.388. The average Bonchev–Trinajstić information content (AvgIpc) is 2.52. The quantitative estimate of drug-likeness (QED) is 0.697. The molecule has 92 valence electrons. The van der Waals surface area contributed by atoms with Crippen molar-refractivity contribution in [2.24, 2.45) is 11.7 Å². The number of hydrogen-bond acceptors (Lipinski definition) is 4. The van der Waals surface area contributed by atoms with Gasteiger partial charge in [0.1, 0.15) is 0 Å². The fourth-order valence-electron chi connectivity index (χ4n) is 2.22. The van der Waals surface area contributed by atoms with E-state index < -0.39 is 9.84 Å². The SMILES string of the molecule is NC1(CNC(=O)C2CCS(=O)(=O)C2)CCC1. The minimum atomic E-state index is -2.98. The summed E-state index contributed by atoms with van der Waals surface area (Å²) in [5.41, 5.74) is 5.73. The standard InChI is InChI=1S/C10H18N2O3S/c11-10(3-1-4-10)7-12-9(13)8-2-5-16(14,15)6-8/h8H,1-7,11H2,(H,12,13). The van der Waals surface area contributed by atoms with E-state index in [1.54, 1.807) is 0 Å². The predicted molar refractivity (Wildman–Crippen MR) is 60.5 cm³/mol. The van der Waals surface area contributed by atoms with Gasteiger partial charge in [-0.1, -0.05) is 0 Å². The van der Waals surface area contributed by atoms with Crippen LogP contribution in [0.25, 0.3) is 0 Å². The summed E-state index contributed by atoms with van der Waals surface area (Å²) in [6.07, 6.45) is 3.45. The van der Waals surface area contributed by atoms with Crippen LogP contribution in [0.2, 0.25) is 0 Å². The highest BCUT2D eigenvalue weighted by molar-refractivity contribution is 7.91. The van der Waals surface area contributed by atoms with Crippen LogP contribution in [0.4, 0.5) is 0 Å². The fraction of sp³-hybridized carbons (Fsp3) is 0.900. The Labute approximate surface area is 95.7 Å². The molecule has 1 amide bonds. The first-order valence-electron chi connectivity index (χ1n) is 5.67. The number of carbonyl (C=O) groups is 1. The number of nitrogens with two attached hydrogens (primary N) is 1. The van der Waals surface area contributed by atoms with Gasteiger partial charge in [-0.15, -0.1) is 0 Å². The molecule has 0 radical (unpaired) electrons. The topological polar surface area (TPSA) is 89.3 Å². The number of carbonyl (C=O) groups excluding carboxylic acids is 1. The smallest absolute Gasteiger partial charge is 0.224 e. The van der Waals surface area contributed by atoms with Crippen molar-refractivity contribution in [1.29, 1.82) is 0 Å². The molecule has 3 N–H and O–H groups in total. The molecular formula is C10H18N2O3S. The highest BCUT2D eigenvalue weighted by Crippen LogP contribution is 2.28. The van der Waals surface area contributed by atoms with E-state index in [-0.39, 0.29) is 28.9 Å². The van der Waals surface area contributed by atoms with Gasteiger partial charge in [-0.05, 0) is 25.7 Å². The maximum atomic E-state index is 11.7. The van der Waals surface area contributed by atoms with Gasteiger partial charge in [-0.3, -0.25) is 4.79 Å². The van der Waals surface area contributed by atoms with Crippen LogP contribution in [0.1, 0.15) is 25.7 Å². The van der Waals surface area contributed by atoms with E-state index in [9.17, 15) is 13.2 Å². The van der Waals surface area contributed by atoms with Crippen molar-refractivity contribution in [3.8, 4) is 0 Å². The van der Waals surface area contributed by atoms with Crippen LogP contribution < -0.4 is 11.1 Å². The number of nitrogens with one attached hydrogen (secondary N) is 1. The lowest BCUT2D eigenvalue weighted by atomic mass is 9.77.